The lowest BCUT2D eigenvalue weighted by Crippen LogP contribution is -2.29. The molecule has 8 heteroatoms. The van der Waals surface area contributed by atoms with Gasteiger partial charge in [-0.1, -0.05) is 0 Å². The SMILES string of the molecule is COC(C)C(=O)OC(C)C(C)=O.COCC(=O)OCC(C)=O. The van der Waals surface area contributed by atoms with Gasteiger partial charge < -0.3 is 18.9 Å². The molecule has 0 fully saturated rings. The minimum absolute atomic E-state index is 0.104. The first-order valence-electron chi connectivity index (χ1n) is 6.53. The summed E-state index contributed by atoms with van der Waals surface area (Å²) in [6.07, 6.45) is -1.30. The Labute approximate surface area is 130 Å². The summed E-state index contributed by atoms with van der Waals surface area (Å²) in [5, 5.41) is 0. The first kappa shape index (κ1) is 22.5. The highest BCUT2D eigenvalue weighted by atomic mass is 16.6. The predicted octanol–water partition coefficient (Wildman–Crippen LogP) is 0.307. The van der Waals surface area contributed by atoms with Crippen molar-refractivity contribution in [3.8, 4) is 0 Å². The van der Waals surface area contributed by atoms with Crippen molar-refractivity contribution in [3.63, 3.8) is 0 Å². The van der Waals surface area contributed by atoms with Crippen molar-refractivity contribution in [1.29, 1.82) is 0 Å². The van der Waals surface area contributed by atoms with Gasteiger partial charge in [0, 0.05) is 14.2 Å². The molecule has 2 unspecified atom stereocenters. The van der Waals surface area contributed by atoms with Gasteiger partial charge in [-0.05, 0) is 27.7 Å². The summed E-state index contributed by atoms with van der Waals surface area (Å²) in [4.78, 5) is 42.3. The van der Waals surface area contributed by atoms with Crippen LogP contribution in [0.1, 0.15) is 27.7 Å². The second kappa shape index (κ2) is 12.9. The van der Waals surface area contributed by atoms with E-state index in [0.29, 0.717) is 0 Å². The molecule has 0 aromatic carbocycles. The Balaban J connectivity index is 0. The molecule has 0 aliphatic carbocycles. The van der Waals surface area contributed by atoms with E-state index in [2.05, 4.69) is 9.47 Å². The standard InChI is InChI=1S/C8H14O4.C6H10O4/c1-5(9)6(2)12-8(10)7(3)11-4;1-5(7)3-10-6(8)4-9-2/h6-7H,1-4H3;3-4H2,1-2H3. The van der Waals surface area contributed by atoms with E-state index in [0.717, 1.165) is 0 Å². The highest BCUT2D eigenvalue weighted by molar-refractivity contribution is 5.84. The number of methoxy groups -OCH3 is 2. The molecule has 22 heavy (non-hydrogen) atoms. The van der Waals surface area contributed by atoms with Gasteiger partial charge in [-0.15, -0.1) is 0 Å². The average Bonchev–Trinajstić information content (AvgIpc) is 2.44. The van der Waals surface area contributed by atoms with E-state index in [-0.39, 0.29) is 24.8 Å². The van der Waals surface area contributed by atoms with Crippen LogP contribution < -0.4 is 0 Å². The van der Waals surface area contributed by atoms with E-state index < -0.39 is 24.1 Å². The highest BCUT2D eigenvalue weighted by Crippen LogP contribution is 1.98. The van der Waals surface area contributed by atoms with Crippen LogP contribution in [0.15, 0.2) is 0 Å². The van der Waals surface area contributed by atoms with Crippen LogP contribution in [-0.2, 0) is 38.1 Å². The smallest absolute Gasteiger partial charge is 0.335 e. The Morgan fingerprint density at radius 1 is 0.909 bits per heavy atom. The van der Waals surface area contributed by atoms with Crippen molar-refractivity contribution in [1.82, 2.24) is 0 Å². The molecule has 0 aliphatic heterocycles. The number of esters is 2. The summed E-state index contributed by atoms with van der Waals surface area (Å²) >= 11 is 0. The number of ketones is 2. The summed E-state index contributed by atoms with van der Waals surface area (Å²) in [5.74, 6) is -1.38. The lowest BCUT2D eigenvalue weighted by Gasteiger charge is -2.13. The van der Waals surface area contributed by atoms with Gasteiger partial charge in [0.2, 0.25) is 0 Å². The molecule has 0 spiro atoms. The zero-order chi connectivity index (χ0) is 17.7. The van der Waals surface area contributed by atoms with Gasteiger partial charge in [-0.2, -0.15) is 0 Å². The summed E-state index contributed by atoms with van der Waals surface area (Å²) in [7, 11) is 2.79. The largest absolute Gasteiger partial charge is 0.456 e. The number of carbonyl (C=O) groups excluding carboxylic acids is 4. The average molecular weight is 320 g/mol. The van der Waals surface area contributed by atoms with Crippen molar-refractivity contribution in [2.75, 3.05) is 27.4 Å². The molecule has 0 aromatic heterocycles. The van der Waals surface area contributed by atoms with Gasteiger partial charge in [-0.25, -0.2) is 9.59 Å². The molecule has 0 amide bonds. The van der Waals surface area contributed by atoms with Crippen LogP contribution in [-0.4, -0.2) is 63.1 Å². The normalized spacial score (nSPS) is 12.3. The summed E-state index contributed by atoms with van der Waals surface area (Å²) in [5.41, 5.74) is 0. The monoisotopic (exact) mass is 320 g/mol. The van der Waals surface area contributed by atoms with Gasteiger partial charge in [-0.3, -0.25) is 9.59 Å². The van der Waals surface area contributed by atoms with Crippen molar-refractivity contribution in [2.45, 2.75) is 39.9 Å². The Kier molecular flexibility index (Phi) is 13.2. The lowest BCUT2D eigenvalue weighted by atomic mass is 10.3. The second-order valence-electron chi connectivity index (χ2n) is 4.36. The van der Waals surface area contributed by atoms with Gasteiger partial charge in [0.1, 0.15) is 13.2 Å². The van der Waals surface area contributed by atoms with Crippen LogP contribution in [0, 0.1) is 0 Å². The summed E-state index contributed by atoms with van der Waals surface area (Å²) in [6, 6.07) is 0. The third-order valence-corrected chi connectivity index (χ3v) is 2.25. The third-order valence-electron chi connectivity index (χ3n) is 2.25. The Bertz CT molecular complexity index is 377. The number of hydrogen-bond donors (Lipinski definition) is 0. The van der Waals surface area contributed by atoms with Crippen LogP contribution in [0.4, 0.5) is 0 Å². The molecular weight excluding hydrogens is 296 g/mol. The molecule has 128 valence electrons. The minimum atomic E-state index is -0.685. The molecule has 8 nitrogen and oxygen atoms in total. The molecule has 0 rings (SSSR count). The quantitative estimate of drug-likeness (QED) is 0.588. The van der Waals surface area contributed by atoms with Crippen molar-refractivity contribution < 1.29 is 38.1 Å². The molecule has 0 bridgehead atoms. The molecule has 0 radical (unpaired) electrons. The van der Waals surface area contributed by atoms with E-state index in [9.17, 15) is 19.2 Å². The van der Waals surface area contributed by atoms with E-state index in [1.54, 1.807) is 6.92 Å². The fraction of sp³-hybridized carbons (Fsp3) is 0.714. The first-order valence-corrected chi connectivity index (χ1v) is 6.53. The van der Waals surface area contributed by atoms with Crippen molar-refractivity contribution in [2.24, 2.45) is 0 Å². The van der Waals surface area contributed by atoms with Crippen molar-refractivity contribution >= 4 is 23.5 Å². The zero-order valence-electron chi connectivity index (χ0n) is 13.8. The number of ether oxygens (including phenoxy) is 4. The van der Waals surface area contributed by atoms with Crippen LogP contribution in [0.3, 0.4) is 0 Å². The number of hydrogen-bond acceptors (Lipinski definition) is 8. The molecular formula is C14H24O8. The topological polar surface area (TPSA) is 105 Å². The maximum Gasteiger partial charge on any atom is 0.335 e. The van der Waals surface area contributed by atoms with Crippen LogP contribution in [0.2, 0.25) is 0 Å². The summed E-state index contributed by atoms with van der Waals surface area (Å²) in [6.45, 7) is 5.54. The molecule has 2 atom stereocenters. The Hall–Kier alpha value is -1.80. The van der Waals surface area contributed by atoms with Gasteiger partial charge in [0.25, 0.3) is 0 Å². The Morgan fingerprint density at radius 3 is 1.82 bits per heavy atom. The fourth-order valence-corrected chi connectivity index (χ4v) is 0.791. The highest BCUT2D eigenvalue weighted by Gasteiger charge is 2.18. The van der Waals surface area contributed by atoms with E-state index in [4.69, 9.17) is 9.47 Å². The number of carbonyl (C=O) groups is 4. The number of Topliss-reactive ketones (excluding diaryl/α,β-unsaturated/α-hetero) is 2. The molecule has 0 saturated heterocycles. The molecule has 0 N–H and O–H groups in total. The summed E-state index contributed by atoms with van der Waals surface area (Å²) < 4.78 is 18.3. The van der Waals surface area contributed by atoms with Crippen molar-refractivity contribution in [3.05, 3.63) is 0 Å². The Morgan fingerprint density at radius 2 is 1.45 bits per heavy atom. The number of rotatable bonds is 8. The molecule has 0 aliphatic rings. The molecule has 0 aromatic rings. The lowest BCUT2D eigenvalue weighted by molar-refractivity contribution is -0.162. The van der Waals surface area contributed by atoms with E-state index >= 15 is 0 Å². The first-order chi connectivity index (χ1) is 10.1. The fourth-order valence-electron chi connectivity index (χ4n) is 0.791. The van der Waals surface area contributed by atoms with E-state index in [1.807, 2.05) is 0 Å². The van der Waals surface area contributed by atoms with Gasteiger partial charge in [0.15, 0.2) is 23.8 Å². The van der Waals surface area contributed by atoms with Crippen LogP contribution in [0.25, 0.3) is 0 Å². The minimum Gasteiger partial charge on any atom is -0.456 e. The second-order valence-corrected chi connectivity index (χ2v) is 4.36. The third kappa shape index (κ3) is 13.2. The predicted molar refractivity (Wildman–Crippen MR) is 76.2 cm³/mol. The maximum absolute atomic E-state index is 11.0. The van der Waals surface area contributed by atoms with Gasteiger partial charge >= 0.3 is 11.9 Å². The maximum atomic E-state index is 11.0. The van der Waals surface area contributed by atoms with E-state index in [1.165, 1.54) is 35.0 Å². The van der Waals surface area contributed by atoms with Crippen LogP contribution >= 0.6 is 0 Å². The zero-order valence-corrected chi connectivity index (χ0v) is 13.8. The van der Waals surface area contributed by atoms with Gasteiger partial charge in [0.05, 0.1) is 0 Å². The molecule has 0 saturated carbocycles. The molecule has 0 heterocycles. The van der Waals surface area contributed by atoms with Crippen LogP contribution in [0.5, 0.6) is 0 Å².